The van der Waals surface area contributed by atoms with E-state index >= 15 is 0 Å². The average Bonchev–Trinajstić information content (AvgIpc) is 2.46. The summed E-state index contributed by atoms with van der Waals surface area (Å²) in [6.45, 7) is 17.7. The fourth-order valence-electron chi connectivity index (χ4n) is 3.15. The van der Waals surface area contributed by atoms with E-state index in [0.29, 0.717) is 0 Å². The highest BCUT2D eigenvalue weighted by molar-refractivity contribution is 4.84. The van der Waals surface area contributed by atoms with Crippen LogP contribution in [0.3, 0.4) is 0 Å². The molecule has 1 aliphatic rings. The van der Waals surface area contributed by atoms with E-state index in [1.165, 1.54) is 65.1 Å². The average molecular weight is 269 g/mol. The third-order valence-electron chi connectivity index (χ3n) is 4.63. The van der Waals surface area contributed by atoms with E-state index in [4.69, 9.17) is 0 Å². The van der Waals surface area contributed by atoms with Crippen LogP contribution in [0.25, 0.3) is 0 Å². The van der Waals surface area contributed by atoms with Crippen LogP contribution in [-0.2, 0) is 0 Å². The maximum atomic E-state index is 3.74. The van der Waals surface area contributed by atoms with Crippen molar-refractivity contribution in [3.8, 4) is 0 Å². The van der Waals surface area contributed by atoms with Crippen LogP contribution < -0.4 is 5.32 Å². The molecule has 0 aliphatic carbocycles. The largest absolute Gasteiger partial charge is 0.314 e. The summed E-state index contributed by atoms with van der Waals surface area (Å²) in [6.07, 6.45) is 3.89. The Morgan fingerprint density at radius 3 is 2.47 bits per heavy atom. The molecule has 0 aromatic carbocycles. The number of nitrogens with one attached hydrogen (secondary N) is 1. The van der Waals surface area contributed by atoms with Crippen molar-refractivity contribution in [2.45, 2.75) is 53.0 Å². The zero-order valence-electron chi connectivity index (χ0n) is 13.6. The van der Waals surface area contributed by atoms with Crippen molar-refractivity contribution in [2.75, 3.05) is 45.8 Å². The molecule has 0 aromatic heterocycles. The first-order chi connectivity index (χ1) is 9.24. The van der Waals surface area contributed by atoms with E-state index in [2.05, 4.69) is 42.8 Å². The van der Waals surface area contributed by atoms with Crippen LogP contribution in [0.15, 0.2) is 0 Å². The van der Waals surface area contributed by atoms with Gasteiger partial charge in [0.05, 0.1) is 0 Å². The van der Waals surface area contributed by atoms with Gasteiger partial charge in [0.2, 0.25) is 0 Å². The van der Waals surface area contributed by atoms with Crippen molar-refractivity contribution in [2.24, 2.45) is 5.92 Å². The summed E-state index contributed by atoms with van der Waals surface area (Å²) in [7, 11) is 0. The van der Waals surface area contributed by atoms with E-state index in [0.717, 1.165) is 12.0 Å². The highest BCUT2D eigenvalue weighted by Crippen LogP contribution is 2.20. The molecule has 2 unspecified atom stereocenters. The van der Waals surface area contributed by atoms with Crippen LogP contribution in [0.4, 0.5) is 0 Å². The normalized spacial score (nSPS) is 25.1. The number of likely N-dealkylation sites (N-methyl/N-ethyl adjacent to an activating group) is 1. The predicted octanol–water partition coefficient (Wildman–Crippen LogP) is 2.43. The summed E-state index contributed by atoms with van der Waals surface area (Å²) in [6, 6.07) is 0.759. The molecule has 0 aromatic rings. The maximum absolute atomic E-state index is 3.74. The molecule has 19 heavy (non-hydrogen) atoms. The minimum absolute atomic E-state index is 0.759. The maximum Gasteiger partial charge on any atom is 0.0120 e. The molecule has 2 atom stereocenters. The Hall–Kier alpha value is -0.120. The van der Waals surface area contributed by atoms with Gasteiger partial charge in [-0.15, -0.1) is 0 Å². The third kappa shape index (κ3) is 5.80. The lowest BCUT2D eigenvalue weighted by atomic mass is 9.90. The van der Waals surface area contributed by atoms with Gasteiger partial charge in [-0.2, -0.15) is 0 Å². The minimum atomic E-state index is 0.759. The first-order valence-corrected chi connectivity index (χ1v) is 8.43. The molecule has 1 N–H and O–H groups in total. The van der Waals surface area contributed by atoms with E-state index in [-0.39, 0.29) is 0 Å². The monoisotopic (exact) mass is 269 g/mol. The molecule has 1 rings (SSSR count). The summed E-state index contributed by atoms with van der Waals surface area (Å²) in [5.41, 5.74) is 0. The van der Waals surface area contributed by atoms with Gasteiger partial charge in [-0.3, -0.25) is 0 Å². The van der Waals surface area contributed by atoms with E-state index in [1.54, 1.807) is 0 Å². The van der Waals surface area contributed by atoms with Crippen molar-refractivity contribution in [3.05, 3.63) is 0 Å². The fraction of sp³-hybridized carbons (Fsp3) is 1.00. The molecule has 114 valence electrons. The lowest BCUT2D eigenvalue weighted by Crippen LogP contribution is -2.50. The smallest absolute Gasteiger partial charge is 0.0120 e. The number of hydrogen-bond donors (Lipinski definition) is 1. The highest BCUT2D eigenvalue weighted by Gasteiger charge is 2.27. The lowest BCUT2D eigenvalue weighted by Gasteiger charge is -2.39. The molecule has 3 heteroatoms. The molecule has 0 saturated carbocycles. The van der Waals surface area contributed by atoms with Gasteiger partial charge in [-0.05, 0) is 44.9 Å². The quantitative estimate of drug-likeness (QED) is 0.693. The highest BCUT2D eigenvalue weighted by atomic mass is 15.2. The Bertz CT molecular complexity index is 216. The van der Waals surface area contributed by atoms with Crippen LogP contribution in [-0.4, -0.2) is 61.7 Å². The Kier molecular flexibility index (Phi) is 8.67. The molecule has 3 nitrogen and oxygen atoms in total. The molecule has 1 saturated heterocycles. The molecular formula is C16H35N3. The van der Waals surface area contributed by atoms with Crippen LogP contribution in [0.2, 0.25) is 0 Å². The number of rotatable bonds is 9. The van der Waals surface area contributed by atoms with Crippen LogP contribution in [0.5, 0.6) is 0 Å². The summed E-state index contributed by atoms with van der Waals surface area (Å²) >= 11 is 0. The lowest BCUT2D eigenvalue weighted by molar-refractivity contribution is 0.121. The number of piperidine rings is 1. The van der Waals surface area contributed by atoms with Crippen LogP contribution in [0, 0.1) is 5.92 Å². The number of likely N-dealkylation sites (tertiary alicyclic amines) is 1. The Morgan fingerprint density at radius 2 is 1.89 bits per heavy atom. The van der Waals surface area contributed by atoms with Gasteiger partial charge < -0.3 is 15.1 Å². The summed E-state index contributed by atoms with van der Waals surface area (Å²) in [5.74, 6) is 0.844. The Morgan fingerprint density at radius 1 is 1.16 bits per heavy atom. The van der Waals surface area contributed by atoms with Crippen molar-refractivity contribution in [3.63, 3.8) is 0 Å². The molecule has 1 fully saturated rings. The molecule has 1 heterocycles. The van der Waals surface area contributed by atoms with Gasteiger partial charge in [-0.1, -0.05) is 34.1 Å². The minimum Gasteiger partial charge on any atom is -0.314 e. The summed E-state index contributed by atoms with van der Waals surface area (Å²) in [4.78, 5) is 5.21. The first-order valence-electron chi connectivity index (χ1n) is 8.43. The van der Waals surface area contributed by atoms with Gasteiger partial charge in [-0.25, -0.2) is 0 Å². The Labute approximate surface area is 120 Å². The molecular weight excluding hydrogens is 234 g/mol. The molecule has 0 spiro atoms. The summed E-state index contributed by atoms with van der Waals surface area (Å²) in [5, 5.41) is 3.74. The van der Waals surface area contributed by atoms with Crippen molar-refractivity contribution < 1.29 is 0 Å². The standard InChI is InChI=1S/C16H35N3/c1-5-10-17-16-9-11-19(14-15(16)6-2)13-12-18(7-3)8-4/h15-17H,5-14H2,1-4H3. The second-order valence-electron chi connectivity index (χ2n) is 5.85. The van der Waals surface area contributed by atoms with Gasteiger partial charge in [0, 0.05) is 25.7 Å². The predicted molar refractivity (Wildman–Crippen MR) is 84.7 cm³/mol. The number of hydrogen-bond acceptors (Lipinski definition) is 3. The topological polar surface area (TPSA) is 18.5 Å². The summed E-state index contributed by atoms with van der Waals surface area (Å²) < 4.78 is 0. The molecule has 0 bridgehead atoms. The zero-order chi connectivity index (χ0) is 14.1. The second-order valence-corrected chi connectivity index (χ2v) is 5.85. The van der Waals surface area contributed by atoms with E-state index in [9.17, 15) is 0 Å². The van der Waals surface area contributed by atoms with Crippen LogP contribution >= 0.6 is 0 Å². The Balaban J connectivity index is 2.32. The molecule has 0 amide bonds. The van der Waals surface area contributed by atoms with Gasteiger partial charge >= 0.3 is 0 Å². The van der Waals surface area contributed by atoms with E-state index < -0.39 is 0 Å². The zero-order valence-corrected chi connectivity index (χ0v) is 13.6. The van der Waals surface area contributed by atoms with Gasteiger partial charge in [0.1, 0.15) is 0 Å². The van der Waals surface area contributed by atoms with E-state index in [1.807, 2.05) is 0 Å². The second kappa shape index (κ2) is 9.73. The molecule has 1 aliphatic heterocycles. The van der Waals surface area contributed by atoms with Crippen molar-refractivity contribution >= 4 is 0 Å². The molecule has 0 radical (unpaired) electrons. The third-order valence-corrected chi connectivity index (χ3v) is 4.63. The SMILES string of the molecule is CCCNC1CCN(CCN(CC)CC)CC1CC. The first kappa shape index (κ1) is 16.9. The number of nitrogens with zero attached hydrogens (tertiary/aromatic N) is 2. The fourth-order valence-corrected chi connectivity index (χ4v) is 3.15. The van der Waals surface area contributed by atoms with Crippen molar-refractivity contribution in [1.82, 2.24) is 15.1 Å². The van der Waals surface area contributed by atoms with Gasteiger partial charge in [0.25, 0.3) is 0 Å². The van der Waals surface area contributed by atoms with Gasteiger partial charge in [0.15, 0.2) is 0 Å². The van der Waals surface area contributed by atoms with Crippen LogP contribution in [0.1, 0.15) is 47.0 Å². The van der Waals surface area contributed by atoms with Crippen molar-refractivity contribution in [1.29, 1.82) is 0 Å².